The van der Waals surface area contributed by atoms with Crippen molar-refractivity contribution in [3.05, 3.63) is 0 Å². The Morgan fingerprint density at radius 1 is 0.512 bits per heavy atom. The number of thiol groups is 2. The van der Waals surface area contributed by atoms with Gasteiger partial charge in [-0.05, 0) is 0 Å². The van der Waals surface area contributed by atoms with Crippen LogP contribution in [0, 0.1) is 0 Å². The maximum Gasteiger partial charge on any atom is 0.327 e. The summed E-state index contributed by atoms with van der Waals surface area (Å²) in [5.74, 6) is -7.16. The van der Waals surface area contributed by atoms with Gasteiger partial charge in [0.15, 0.2) is 0 Å². The van der Waals surface area contributed by atoms with Gasteiger partial charge < -0.3 is 53.4 Å². The second-order valence-electron chi connectivity index (χ2n) is 7.81. The van der Waals surface area contributed by atoms with Gasteiger partial charge in [0.1, 0.15) is 6.04 Å². The normalized spacial score (nSPS) is 11.5. The standard InChI is InChI=1S/C20H33N9O10S2/c21-10(8-40)19(37)28-6-17(35)26-4-15(33)24-2-13(31)22-1-12(30)23-3-14(32)25-5-16(34)27-7-18(36)29-11(9-41)20(38)39/h10-11,40-41H,1-9,21H2,(H,22,31)(H,23,30)(H,24,33)(H,25,32)(H,26,35)(H,27,34)(H,28,37)(H,29,36)(H,38,39)/t10-,11-/m0/s1. The summed E-state index contributed by atoms with van der Waals surface area (Å²) in [6.45, 7) is -3.57. The Balaban J connectivity index is 4.02. The third-order valence-electron chi connectivity index (χ3n) is 4.45. The molecule has 8 amide bonds. The molecule has 0 aliphatic rings. The average molecular weight is 624 g/mol. The topological polar surface area (TPSA) is 296 Å². The number of hydrogen-bond acceptors (Lipinski definition) is 12. The van der Waals surface area contributed by atoms with Crippen molar-refractivity contribution in [1.29, 1.82) is 0 Å². The van der Waals surface area contributed by atoms with Gasteiger partial charge in [-0.1, -0.05) is 0 Å². The van der Waals surface area contributed by atoms with Crippen LogP contribution < -0.4 is 48.3 Å². The van der Waals surface area contributed by atoms with Crippen molar-refractivity contribution in [2.45, 2.75) is 12.1 Å². The minimum Gasteiger partial charge on any atom is -0.480 e. The van der Waals surface area contributed by atoms with Crippen molar-refractivity contribution in [2.75, 3.05) is 57.3 Å². The molecule has 41 heavy (non-hydrogen) atoms. The SMILES string of the molecule is N[C@@H](CS)C(=O)NCC(=O)NCC(=O)NCC(=O)NCC(=O)NCC(=O)NCC(=O)NCC(=O)N[C@@H](CS)C(=O)O. The highest BCUT2D eigenvalue weighted by atomic mass is 32.1. The third-order valence-corrected chi connectivity index (χ3v) is 5.21. The summed E-state index contributed by atoms with van der Waals surface area (Å²) >= 11 is 7.62. The van der Waals surface area contributed by atoms with Crippen LogP contribution in [-0.4, -0.2) is 128 Å². The Labute approximate surface area is 244 Å². The lowest BCUT2D eigenvalue weighted by molar-refractivity contribution is -0.141. The summed E-state index contributed by atoms with van der Waals surface area (Å²) < 4.78 is 0. The fraction of sp³-hybridized carbons (Fsp3) is 0.550. The maximum atomic E-state index is 11.8. The van der Waals surface area contributed by atoms with Crippen molar-refractivity contribution in [1.82, 2.24) is 42.5 Å². The van der Waals surface area contributed by atoms with Gasteiger partial charge >= 0.3 is 5.97 Å². The minimum absolute atomic E-state index is 0.0805. The molecule has 0 aromatic heterocycles. The molecular weight excluding hydrogens is 590 g/mol. The first-order valence-electron chi connectivity index (χ1n) is 11.7. The summed E-state index contributed by atoms with van der Waals surface area (Å²) in [5.41, 5.74) is 5.42. The lowest BCUT2D eigenvalue weighted by Crippen LogP contribution is -2.49. The van der Waals surface area contributed by atoms with Crippen LogP contribution in [-0.2, 0) is 43.2 Å². The van der Waals surface area contributed by atoms with E-state index in [1.165, 1.54) is 0 Å². The molecule has 11 N–H and O–H groups in total. The Morgan fingerprint density at radius 3 is 1.07 bits per heavy atom. The van der Waals surface area contributed by atoms with Crippen LogP contribution in [0.25, 0.3) is 0 Å². The molecule has 0 aromatic rings. The molecule has 0 unspecified atom stereocenters. The first kappa shape index (κ1) is 36.9. The van der Waals surface area contributed by atoms with Gasteiger partial charge in [0.05, 0.1) is 51.9 Å². The Hall–Kier alpha value is -4.11. The van der Waals surface area contributed by atoms with E-state index in [9.17, 15) is 43.2 Å². The minimum atomic E-state index is -1.30. The molecule has 0 aromatic carbocycles. The summed E-state index contributed by atoms with van der Waals surface area (Å²) in [7, 11) is 0. The number of carbonyl (C=O) groups is 9. The van der Waals surface area contributed by atoms with Crippen LogP contribution in [0.5, 0.6) is 0 Å². The monoisotopic (exact) mass is 623 g/mol. The van der Waals surface area contributed by atoms with Gasteiger partial charge in [0.2, 0.25) is 47.3 Å². The number of carbonyl (C=O) groups excluding carboxylic acids is 8. The zero-order valence-corrected chi connectivity index (χ0v) is 23.4. The number of hydrogen-bond donors (Lipinski definition) is 12. The molecule has 0 radical (unpaired) electrons. The number of nitrogens with two attached hydrogens (primary N) is 1. The van der Waals surface area contributed by atoms with E-state index < -0.39 is 111 Å². The van der Waals surface area contributed by atoms with Crippen LogP contribution in [0.3, 0.4) is 0 Å². The zero-order chi connectivity index (χ0) is 31.4. The van der Waals surface area contributed by atoms with Gasteiger partial charge in [0, 0.05) is 11.5 Å². The van der Waals surface area contributed by atoms with Crippen LogP contribution in [0.2, 0.25) is 0 Å². The number of amides is 8. The Kier molecular flexibility index (Phi) is 18.7. The van der Waals surface area contributed by atoms with Crippen molar-refractivity contribution >= 4 is 78.5 Å². The predicted molar refractivity (Wildman–Crippen MR) is 146 cm³/mol. The van der Waals surface area contributed by atoms with E-state index >= 15 is 0 Å². The molecule has 0 heterocycles. The van der Waals surface area contributed by atoms with Crippen molar-refractivity contribution in [2.24, 2.45) is 5.73 Å². The molecule has 21 heteroatoms. The first-order valence-corrected chi connectivity index (χ1v) is 12.9. The highest BCUT2D eigenvalue weighted by molar-refractivity contribution is 7.80. The van der Waals surface area contributed by atoms with Gasteiger partial charge in [-0.2, -0.15) is 25.3 Å². The number of carboxylic acids is 1. The van der Waals surface area contributed by atoms with E-state index in [0.717, 1.165) is 0 Å². The summed E-state index contributed by atoms with van der Waals surface area (Å²) in [5, 5.41) is 26.3. The quantitative estimate of drug-likeness (QED) is 0.0600. The van der Waals surface area contributed by atoms with Gasteiger partial charge in [-0.3, -0.25) is 38.4 Å². The average Bonchev–Trinajstić information content (AvgIpc) is 2.95. The van der Waals surface area contributed by atoms with E-state index in [1.54, 1.807) is 0 Å². The van der Waals surface area contributed by atoms with E-state index in [4.69, 9.17) is 10.8 Å². The summed E-state index contributed by atoms with van der Waals surface area (Å²) in [6, 6.07) is -2.12. The molecular formula is C20H33N9O10S2. The van der Waals surface area contributed by atoms with Crippen LogP contribution in [0.15, 0.2) is 0 Å². The molecule has 230 valence electrons. The second-order valence-corrected chi connectivity index (χ2v) is 8.54. The molecule has 0 saturated carbocycles. The van der Waals surface area contributed by atoms with Crippen LogP contribution in [0.1, 0.15) is 0 Å². The Morgan fingerprint density at radius 2 is 0.805 bits per heavy atom. The van der Waals surface area contributed by atoms with Gasteiger partial charge in [-0.15, -0.1) is 0 Å². The lowest BCUT2D eigenvalue weighted by Gasteiger charge is -2.12. The van der Waals surface area contributed by atoms with E-state index in [-0.39, 0.29) is 11.5 Å². The van der Waals surface area contributed by atoms with Crippen LogP contribution in [0.4, 0.5) is 0 Å². The Bertz CT molecular complexity index is 999. The molecule has 0 fully saturated rings. The molecule has 2 atom stereocenters. The summed E-state index contributed by atoms with van der Waals surface area (Å²) in [4.78, 5) is 104. The first-order chi connectivity index (χ1) is 19.3. The van der Waals surface area contributed by atoms with E-state index in [1.807, 2.05) is 0 Å². The smallest absolute Gasteiger partial charge is 0.327 e. The highest BCUT2D eigenvalue weighted by Gasteiger charge is 2.18. The fourth-order valence-electron chi connectivity index (χ4n) is 2.26. The van der Waals surface area contributed by atoms with Crippen molar-refractivity contribution < 1.29 is 48.3 Å². The molecule has 19 nitrogen and oxygen atoms in total. The maximum absolute atomic E-state index is 11.8. The largest absolute Gasteiger partial charge is 0.480 e. The number of carboxylic acid groups (broad SMARTS) is 1. The number of rotatable bonds is 19. The lowest BCUT2D eigenvalue weighted by atomic mass is 10.3. The predicted octanol–water partition coefficient (Wildman–Crippen LogP) is -7.44. The third kappa shape index (κ3) is 18.7. The molecule has 0 aliphatic carbocycles. The molecule has 0 rings (SSSR count). The van der Waals surface area contributed by atoms with Crippen molar-refractivity contribution in [3.8, 4) is 0 Å². The highest BCUT2D eigenvalue weighted by Crippen LogP contribution is 1.87. The van der Waals surface area contributed by atoms with Gasteiger partial charge in [-0.25, -0.2) is 4.79 Å². The van der Waals surface area contributed by atoms with Crippen LogP contribution >= 0.6 is 25.3 Å². The molecule has 0 bridgehead atoms. The molecule has 0 spiro atoms. The summed E-state index contributed by atoms with van der Waals surface area (Å²) in [6.07, 6.45) is 0. The van der Waals surface area contributed by atoms with Crippen molar-refractivity contribution in [3.63, 3.8) is 0 Å². The molecule has 0 saturated heterocycles. The number of aliphatic carboxylic acids is 1. The number of nitrogens with one attached hydrogen (secondary N) is 8. The fourth-order valence-corrected chi connectivity index (χ4v) is 2.67. The van der Waals surface area contributed by atoms with E-state index in [2.05, 4.69) is 67.8 Å². The molecule has 0 aliphatic heterocycles. The van der Waals surface area contributed by atoms with E-state index in [0.29, 0.717) is 0 Å². The zero-order valence-electron chi connectivity index (χ0n) is 21.6. The second kappa shape index (κ2) is 20.7. The van der Waals surface area contributed by atoms with Gasteiger partial charge in [0.25, 0.3) is 0 Å².